The van der Waals surface area contributed by atoms with Crippen molar-refractivity contribution in [1.82, 2.24) is 10.1 Å². The standard InChI is InChI=1S/C17H19ClN2O3/c1-11-9-20(17(2,3)10-22-11)16(21)14-8-15(23-19-14)12-4-6-13(18)7-5-12/h4-8,11H,9-10H2,1-3H3. The van der Waals surface area contributed by atoms with Gasteiger partial charge in [-0.3, -0.25) is 4.79 Å². The van der Waals surface area contributed by atoms with E-state index in [1.165, 1.54) is 0 Å². The summed E-state index contributed by atoms with van der Waals surface area (Å²) >= 11 is 5.88. The van der Waals surface area contributed by atoms with E-state index in [0.717, 1.165) is 5.56 Å². The van der Waals surface area contributed by atoms with E-state index in [1.807, 2.05) is 32.9 Å². The van der Waals surface area contributed by atoms with Gasteiger partial charge in [-0.1, -0.05) is 16.8 Å². The molecule has 1 amide bonds. The van der Waals surface area contributed by atoms with Gasteiger partial charge in [-0.15, -0.1) is 0 Å². The van der Waals surface area contributed by atoms with Gasteiger partial charge in [0.2, 0.25) is 0 Å². The minimum Gasteiger partial charge on any atom is -0.374 e. The van der Waals surface area contributed by atoms with E-state index in [9.17, 15) is 4.79 Å². The first-order chi connectivity index (χ1) is 10.9. The number of aromatic nitrogens is 1. The van der Waals surface area contributed by atoms with Gasteiger partial charge in [0, 0.05) is 23.2 Å². The molecule has 23 heavy (non-hydrogen) atoms. The predicted molar refractivity (Wildman–Crippen MR) is 87.5 cm³/mol. The van der Waals surface area contributed by atoms with Crippen LogP contribution >= 0.6 is 11.6 Å². The quantitative estimate of drug-likeness (QED) is 0.841. The van der Waals surface area contributed by atoms with Gasteiger partial charge in [-0.2, -0.15) is 0 Å². The molecule has 0 bridgehead atoms. The molecule has 1 saturated heterocycles. The molecule has 1 unspecified atom stereocenters. The summed E-state index contributed by atoms with van der Waals surface area (Å²) in [6, 6.07) is 8.87. The summed E-state index contributed by atoms with van der Waals surface area (Å²) < 4.78 is 11.0. The Morgan fingerprint density at radius 1 is 1.35 bits per heavy atom. The molecule has 1 atom stereocenters. The minimum absolute atomic E-state index is 0.00890. The van der Waals surface area contributed by atoms with Crippen LogP contribution in [0.25, 0.3) is 11.3 Å². The second-order valence-corrected chi connectivity index (χ2v) is 6.87. The van der Waals surface area contributed by atoms with E-state index in [1.54, 1.807) is 23.1 Å². The van der Waals surface area contributed by atoms with Crippen molar-refractivity contribution in [3.05, 3.63) is 41.0 Å². The fraction of sp³-hybridized carbons (Fsp3) is 0.412. The SMILES string of the molecule is CC1CN(C(=O)c2cc(-c3ccc(Cl)cc3)on2)C(C)(C)CO1. The van der Waals surface area contributed by atoms with Crippen molar-refractivity contribution in [2.75, 3.05) is 13.2 Å². The summed E-state index contributed by atoms with van der Waals surface area (Å²) in [5.74, 6) is 0.401. The highest BCUT2D eigenvalue weighted by Gasteiger charge is 2.38. The Kier molecular flexibility index (Phi) is 4.17. The van der Waals surface area contributed by atoms with Gasteiger partial charge in [0.25, 0.3) is 5.91 Å². The highest BCUT2D eigenvalue weighted by atomic mass is 35.5. The Morgan fingerprint density at radius 2 is 2.04 bits per heavy atom. The molecule has 0 aliphatic carbocycles. The molecule has 6 heteroatoms. The first kappa shape index (κ1) is 16.0. The lowest BCUT2D eigenvalue weighted by molar-refractivity contribution is -0.0758. The molecule has 122 valence electrons. The molecule has 1 aliphatic heterocycles. The van der Waals surface area contributed by atoms with Crippen LogP contribution in [0.1, 0.15) is 31.3 Å². The van der Waals surface area contributed by atoms with Crippen LogP contribution in [0, 0.1) is 0 Å². The number of ether oxygens (including phenoxy) is 1. The van der Waals surface area contributed by atoms with Gasteiger partial charge >= 0.3 is 0 Å². The summed E-state index contributed by atoms with van der Waals surface area (Å²) in [4.78, 5) is 14.6. The van der Waals surface area contributed by atoms with Crippen LogP contribution < -0.4 is 0 Å². The van der Waals surface area contributed by atoms with Gasteiger partial charge in [-0.25, -0.2) is 0 Å². The van der Waals surface area contributed by atoms with Crippen LogP contribution in [0.5, 0.6) is 0 Å². The molecule has 0 N–H and O–H groups in total. The Morgan fingerprint density at radius 3 is 2.74 bits per heavy atom. The Labute approximate surface area is 140 Å². The molecule has 0 saturated carbocycles. The van der Waals surface area contributed by atoms with Crippen molar-refractivity contribution in [2.45, 2.75) is 32.4 Å². The van der Waals surface area contributed by atoms with Crippen molar-refractivity contribution < 1.29 is 14.1 Å². The van der Waals surface area contributed by atoms with Crippen LogP contribution in [-0.4, -0.2) is 40.8 Å². The number of amides is 1. The normalized spacial score (nSPS) is 20.5. The molecule has 1 aromatic carbocycles. The molecule has 1 aliphatic rings. The van der Waals surface area contributed by atoms with Gasteiger partial charge in [0.1, 0.15) is 0 Å². The van der Waals surface area contributed by atoms with E-state index in [-0.39, 0.29) is 17.6 Å². The van der Waals surface area contributed by atoms with Crippen LogP contribution in [0.4, 0.5) is 0 Å². The average Bonchev–Trinajstić information content (AvgIpc) is 3.00. The van der Waals surface area contributed by atoms with Crippen molar-refractivity contribution in [3.63, 3.8) is 0 Å². The molecule has 1 fully saturated rings. The van der Waals surface area contributed by atoms with Crippen molar-refractivity contribution in [3.8, 4) is 11.3 Å². The van der Waals surface area contributed by atoms with Gasteiger partial charge in [0.15, 0.2) is 11.5 Å². The number of rotatable bonds is 2. The molecule has 0 spiro atoms. The maximum absolute atomic E-state index is 12.8. The number of morpholine rings is 1. The molecule has 2 heterocycles. The number of halogens is 1. The largest absolute Gasteiger partial charge is 0.374 e. The number of hydrogen-bond acceptors (Lipinski definition) is 4. The molecule has 5 nitrogen and oxygen atoms in total. The highest BCUT2D eigenvalue weighted by Crippen LogP contribution is 2.26. The lowest BCUT2D eigenvalue weighted by Gasteiger charge is -2.44. The molecule has 2 aromatic rings. The van der Waals surface area contributed by atoms with Gasteiger partial charge < -0.3 is 14.2 Å². The van der Waals surface area contributed by atoms with E-state index in [0.29, 0.717) is 29.6 Å². The molecule has 1 aromatic heterocycles. The molecular formula is C17H19ClN2O3. The topological polar surface area (TPSA) is 55.6 Å². The maximum atomic E-state index is 12.8. The lowest BCUT2D eigenvalue weighted by Crippen LogP contribution is -2.57. The Bertz CT molecular complexity index is 709. The van der Waals surface area contributed by atoms with Gasteiger partial charge in [-0.05, 0) is 45.0 Å². The third kappa shape index (κ3) is 3.26. The first-order valence-corrected chi connectivity index (χ1v) is 7.91. The second-order valence-electron chi connectivity index (χ2n) is 6.43. The monoisotopic (exact) mass is 334 g/mol. The Hall–Kier alpha value is -1.85. The zero-order chi connectivity index (χ0) is 16.6. The van der Waals surface area contributed by atoms with E-state index in [2.05, 4.69) is 5.16 Å². The molecular weight excluding hydrogens is 316 g/mol. The fourth-order valence-electron chi connectivity index (χ4n) is 2.60. The predicted octanol–water partition coefficient (Wildman–Crippen LogP) is 3.63. The van der Waals surface area contributed by atoms with Crippen LogP contribution in [0.3, 0.4) is 0 Å². The first-order valence-electron chi connectivity index (χ1n) is 7.53. The smallest absolute Gasteiger partial charge is 0.276 e. The van der Waals surface area contributed by atoms with E-state index < -0.39 is 0 Å². The Balaban J connectivity index is 1.84. The lowest BCUT2D eigenvalue weighted by atomic mass is 10.0. The average molecular weight is 335 g/mol. The zero-order valence-electron chi connectivity index (χ0n) is 13.4. The van der Waals surface area contributed by atoms with Crippen molar-refractivity contribution in [1.29, 1.82) is 0 Å². The highest BCUT2D eigenvalue weighted by molar-refractivity contribution is 6.30. The number of benzene rings is 1. The van der Waals surface area contributed by atoms with E-state index in [4.69, 9.17) is 20.9 Å². The van der Waals surface area contributed by atoms with Gasteiger partial charge in [0.05, 0.1) is 18.2 Å². The maximum Gasteiger partial charge on any atom is 0.276 e. The number of hydrogen-bond donors (Lipinski definition) is 0. The van der Waals surface area contributed by atoms with E-state index >= 15 is 0 Å². The summed E-state index contributed by atoms with van der Waals surface area (Å²) in [6.07, 6.45) is 0.00890. The third-order valence-electron chi connectivity index (χ3n) is 3.99. The minimum atomic E-state index is -0.372. The summed E-state index contributed by atoms with van der Waals surface area (Å²) in [6.45, 7) is 6.96. The summed E-state index contributed by atoms with van der Waals surface area (Å²) in [7, 11) is 0. The third-order valence-corrected chi connectivity index (χ3v) is 4.25. The van der Waals surface area contributed by atoms with Crippen LogP contribution in [-0.2, 0) is 4.74 Å². The van der Waals surface area contributed by atoms with Crippen molar-refractivity contribution >= 4 is 17.5 Å². The van der Waals surface area contributed by atoms with Crippen LogP contribution in [0.15, 0.2) is 34.9 Å². The second kappa shape index (κ2) is 5.98. The summed E-state index contributed by atoms with van der Waals surface area (Å²) in [5.41, 5.74) is 0.760. The molecule has 0 radical (unpaired) electrons. The number of carbonyl (C=O) groups is 1. The van der Waals surface area contributed by atoms with Crippen LogP contribution in [0.2, 0.25) is 5.02 Å². The van der Waals surface area contributed by atoms with Crippen molar-refractivity contribution in [2.24, 2.45) is 0 Å². The number of nitrogens with zero attached hydrogens (tertiary/aromatic N) is 2. The fourth-order valence-corrected chi connectivity index (χ4v) is 2.73. The molecule has 3 rings (SSSR count). The zero-order valence-corrected chi connectivity index (χ0v) is 14.1. The summed E-state index contributed by atoms with van der Waals surface area (Å²) in [5, 5.41) is 4.59. The number of carbonyl (C=O) groups excluding carboxylic acids is 1.